The molecule has 0 amide bonds. The van der Waals surface area contributed by atoms with E-state index in [9.17, 15) is 5.11 Å². The molecule has 2 rings (SSSR count). The molecule has 0 saturated heterocycles. The number of nitrogens with one attached hydrogen (secondary N) is 1. The molecule has 2 nitrogen and oxygen atoms in total. The van der Waals surface area contributed by atoms with E-state index in [4.69, 9.17) is 0 Å². The molecular formula is C15H17NO. The van der Waals surface area contributed by atoms with Crippen LogP contribution in [0.25, 0.3) is 0 Å². The Morgan fingerprint density at radius 2 is 1.47 bits per heavy atom. The maximum absolute atomic E-state index is 10.1. The Hall–Kier alpha value is -1.80. The molecule has 0 radical (unpaired) electrons. The van der Waals surface area contributed by atoms with Crippen molar-refractivity contribution in [1.29, 1.82) is 0 Å². The van der Waals surface area contributed by atoms with Crippen molar-refractivity contribution in [2.75, 3.05) is 5.32 Å². The third-order valence-corrected chi connectivity index (χ3v) is 2.64. The lowest BCUT2D eigenvalue weighted by Crippen LogP contribution is -2.17. The fourth-order valence-corrected chi connectivity index (χ4v) is 1.80. The summed E-state index contributed by atoms with van der Waals surface area (Å²) in [5.41, 5.74) is 2.00. The third-order valence-electron chi connectivity index (χ3n) is 2.64. The van der Waals surface area contributed by atoms with E-state index in [1.54, 1.807) is 13.8 Å². The van der Waals surface area contributed by atoms with Crippen molar-refractivity contribution in [2.45, 2.75) is 19.4 Å². The summed E-state index contributed by atoms with van der Waals surface area (Å²) in [5, 5.41) is 13.4. The van der Waals surface area contributed by atoms with Crippen LogP contribution in [0, 0.1) is 0 Å². The van der Waals surface area contributed by atoms with Crippen LogP contribution in [-0.4, -0.2) is 5.11 Å². The average molecular weight is 227 g/mol. The minimum absolute atomic E-state index is 0.849. The zero-order chi connectivity index (χ0) is 12.3. The molecular weight excluding hydrogens is 210 g/mol. The normalized spacial score (nSPS) is 11.2. The average Bonchev–Trinajstić information content (AvgIpc) is 2.30. The van der Waals surface area contributed by atoms with Gasteiger partial charge in [-0.05, 0) is 32.0 Å². The summed E-state index contributed by atoms with van der Waals surface area (Å²) in [7, 11) is 0. The summed E-state index contributed by atoms with van der Waals surface area (Å²) in [6.07, 6.45) is 0. The highest BCUT2D eigenvalue weighted by Gasteiger charge is 2.19. The second-order valence-electron chi connectivity index (χ2n) is 4.60. The Bertz CT molecular complexity index is 486. The predicted molar refractivity (Wildman–Crippen MR) is 71.4 cm³/mol. The van der Waals surface area contributed by atoms with Gasteiger partial charge in [-0.25, -0.2) is 0 Å². The van der Waals surface area contributed by atoms with Gasteiger partial charge in [0, 0.05) is 16.9 Å². The van der Waals surface area contributed by atoms with Crippen LogP contribution < -0.4 is 5.32 Å². The maximum atomic E-state index is 10.1. The topological polar surface area (TPSA) is 32.3 Å². The van der Waals surface area contributed by atoms with Crippen LogP contribution in [-0.2, 0) is 5.60 Å². The molecule has 2 heteroatoms. The molecule has 2 N–H and O–H groups in total. The number of hydrogen-bond donors (Lipinski definition) is 2. The van der Waals surface area contributed by atoms with Gasteiger partial charge in [0.25, 0.3) is 0 Å². The first-order valence-electron chi connectivity index (χ1n) is 5.71. The van der Waals surface area contributed by atoms with Gasteiger partial charge in [0.1, 0.15) is 0 Å². The first-order chi connectivity index (χ1) is 8.07. The lowest BCUT2D eigenvalue weighted by Gasteiger charge is -2.22. The van der Waals surface area contributed by atoms with E-state index < -0.39 is 5.60 Å². The van der Waals surface area contributed by atoms with Crippen molar-refractivity contribution in [3.63, 3.8) is 0 Å². The lowest BCUT2D eigenvalue weighted by molar-refractivity contribution is 0.0794. The molecule has 0 unspecified atom stereocenters. The molecule has 0 atom stereocenters. The van der Waals surface area contributed by atoms with Gasteiger partial charge < -0.3 is 10.4 Å². The van der Waals surface area contributed by atoms with Crippen LogP contribution in [0.4, 0.5) is 11.4 Å². The largest absolute Gasteiger partial charge is 0.386 e. The number of rotatable bonds is 3. The molecule has 0 aliphatic rings. The Kier molecular flexibility index (Phi) is 3.16. The maximum Gasteiger partial charge on any atom is 0.0860 e. The molecule has 0 spiro atoms. The zero-order valence-electron chi connectivity index (χ0n) is 10.1. The van der Waals surface area contributed by atoms with E-state index in [-0.39, 0.29) is 0 Å². The quantitative estimate of drug-likeness (QED) is 0.838. The molecule has 0 aromatic heterocycles. The molecule has 0 aliphatic heterocycles. The minimum Gasteiger partial charge on any atom is -0.386 e. The highest BCUT2D eigenvalue weighted by molar-refractivity contribution is 5.64. The second-order valence-corrected chi connectivity index (χ2v) is 4.60. The Labute approximate surface area is 102 Å². The van der Waals surface area contributed by atoms with E-state index in [1.165, 1.54) is 0 Å². The summed E-state index contributed by atoms with van der Waals surface area (Å²) in [4.78, 5) is 0. The Morgan fingerprint density at radius 1 is 0.882 bits per heavy atom. The van der Waals surface area contributed by atoms with Gasteiger partial charge in [-0.3, -0.25) is 0 Å². The molecule has 0 bridgehead atoms. The first kappa shape index (κ1) is 11.7. The van der Waals surface area contributed by atoms with Gasteiger partial charge in [-0.15, -0.1) is 0 Å². The van der Waals surface area contributed by atoms with Gasteiger partial charge in [0.2, 0.25) is 0 Å². The van der Waals surface area contributed by atoms with E-state index in [0.29, 0.717) is 0 Å². The predicted octanol–water partition coefficient (Wildman–Crippen LogP) is 3.66. The second kappa shape index (κ2) is 4.60. The number of para-hydroxylation sites is 2. The highest BCUT2D eigenvalue weighted by Crippen LogP contribution is 2.29. The first-order valence-corrected chi connectivity index (χ1v) is 5.71. The Balaban J connectivity index is 2.34. The van der Waals surface area contributed by atoms with Crippen LogP contribution in [0.2, 0.25) is 0 Å². The number of aliphatic hydroxyl groups is 1. The number of benzene rings is 2. The van der Waals surface area contributed by atoms with E-state index in [0.717, 1.165) is 16.9 Å². The molecule has 88 valence electrons. The highest BCUT2D eigenvalue weighted by atomic mass is 16.3. The molecule has 2 aromatic rings. The summed E-state index contributed by atoms with van der Waals surface area (Å²) < 4.78 is 0. The summed E-state index contributed by atoms with van der Waals surface area (Å²) in [6, 6.07) is 17.7. The van der Waals surface area contributed by atoms with E-state index >= 15 is 0 Å². The van der Waals surface area contributed by atoms with Gasteiger partial charge in [0.05, 0.1) is 5.60 Å². The van der Waals surface area contributed by atoms with Crippen molar-refractivity contribution in [1.82, 2.24) is 0 Å². The van der Waals surface area contributed by atoms with Gasteiger partial charge >= 0.3 is 0 Å². The fraction of sp³-hybridized carbons (Fsp3) is 0.200. The number of hydrogen-bond acceptors (Lipinski definition) is 2. The van der Waals surface area contributed by atoms with Crippen LogP contribution in [0.15, 0.2) is 54.6 Å². The molecule has 0 saturated carbocycles. The van der Waals surface area contributed by atoms with Gasteiger partial charge in [-0.2, -0.15) is 0 Å². The smallest absolute Gasteiger partial charge is 0.0860 e. The van der Waals surface area contributed by atoms with Gasteiger partial charge in [-0.1, -0.05) is 36.4 Å². The van der Waals surface area contributed by atoms with Crippen molar-refractivity contribution in [3.05, 3.63) is 60.2 Å². The third kappa shape index (κ3) is 2.86. The molecule has 0 heterocycles. The van der Waals surface area contributed by atoms with Crippen LogP contribution in [0.5, 0.6) is 0 Å². The van der Waals surface area contributed by atoms with Crippen molar-refractivity contribution in [2.24, 2.45) is 0 Å². The van der Waals surface area contributed by atoms with Crippen molar-refractivity contribution < 1.29 is 5.11 Å². The SMILES string of the molecule is CC(C)(O)c1ccccc1Nc1ccccc1. The van der Waals surface area contributed by atoms with Crippen LogP contribution in [0.3, 0.4) is 0 Å². The van der Waals surface area contributed by atoms with Crippen molar-refractivity contribution in [3.8, 4) is 0 Å². The van der Waals surface area contributed by atoms with E-state index in [1.807, 2.05) is 54.6 Å². The standard InChI is InChI=1S/C15H17NO/c1-15(2,17)13-10-6-7-11-14(13)16-12-8-4-3-5-9-12/h3-11,16-17H,1-2H3. The summed E-state index contributed by atoms with van der Waals surface area (Å²) in [5.74, 6) is 0. The van der Waals surface area contributed by atoms with Crippen LogP contribution >= 0.6 is 0 Å². The number of anilines is 2. The fourth-order valence-electron chi connectivity index (χ4n) is 1.80. The summed E-state index contributed by atoms with van der Waals surface area (Å²) in [6.45, 7) is 3.58. The monoisotopic (exact) mass is 227 g/mol. The molecule has 0 fully saturated rings. The van der Waals surface area contributed by atoms with Crippen molar-refractivity contribution >= 4 is 11.4 Å². The minimum atomic E-state index is -0.849. The molecule has 17 heavy (non-hydrogen) atoms. The summed E-state index contributed by atoms with van der Waals surface area (Å²) >= 11 is 0. The molecule has 2 aromatic carbocycles. The zero-order valence-corrected chi connectivity index (χ0v) is 10.1. The molecule has 0 aliphatic carbocycles. The van der Waals surface area contributed by atoms with E-state index in [2.05, 4.69) is 5.32 Å². The van der Waals surface area contributed by atoms with Crippen LogP contribution in [0.1, 0.15) is 19.4 Å². The van der Waals surface area contributed by atoms with Gasteiger partial charge in [0.15, 0.2) is 0 Å². The Morgan fingerprint density at radius 3 is 2.12 bits per heavy atom. The lowest BCUT2D eigenvalue weighted by atomic mass is 9.96.